The van der Waals surface area contributed by atoms with Gasteiger partial charge in [0, 0.05) is 11.4 Å². The van der Waals surface area contributed by atoms with Gasteiger partial charge >= 0.3 is 5.97 Å². The van der Waals surface area contributed by atoms with Gasteiger partial charge in [0.2, 0.25) is 0 Å². The second kappa shape index (κ2) is 5.52. The van der Waals surface area contributed by atoms with Crippen molar-refractivity contribution in [3.63, 3.8) is 0 Å². The van der Waals surface area contributed by atoms with E-state index >= 15 is 0 Å². The third kappa shape index (κ3) is 2.46. The van der Waals surface area contributed by atoms with Gasteiger partial charge in [-0.1, -0.05) is 6.92 Å². The summed E-state index contributed by atoms with van der Waals surface area (Å²) in [6.07, 6.45) is 0.611. The number of nitrogens with zero attached hydrogens (tertiary/aromatic N) is 1. The summed E-state index contributed by atoms with van der Waals surface area (Å²) in [4.78, 5) is 23.9. The van der Waals surface area contributed by atoms with Crippen LogP contribution in [0.4, 0.5) is 4.39 Å². The van der Waals surface area contributed by atoms with Crippen LogP contribution >= 0.6 is 0 Å². The Morgan fingerprint density at radius 1 is 1.24 bits per heavy atom. The van der Waals surface area contributed by atoms with E-state index in [2.05, 4.69) is 0 Å². The fourth-order valence-electron chi connectivity index (χ4n) is 2.66. The Balaban J connectivity index is 2.89. The highest BCUT2D eigenvalue weighted by Gasteiger charge is 2.21. The van der Waals surface area contributed by atoms with Crippen LogP contribution in [0, 0.1) is 19.7 Å². The summed E-state index contributed by atoms with van der Waals surface area (Å²) in [6.45, 7) is 5.31. The molecule has 110 valence electrons. The number of carbonyl (C=O) groups is 1. The van der Waals surface area contributed by atoms with Gasteiger partial charge in [-0.2, -0.15) is 0 Å². The van der Waals surface area contributed by atoms with E-state index < -0.39 is 17.3 Å². The van der Waals surface area contributed by atoms with Gasteiger partial charge in [-0.15, -0.1) is 0 Å². The second-order valence-corrected chi connectivity index (χ2v) is 4.84. The van der Waals surface area contributed by atoms with E-state index in [-0.39, 0.29) is 5.56 Å². The molecule has 0 spiro atoms. The first kappa shape index (κ1) is 15.0. The Hall–Kier alpha value is -2.43. The van der Waals surface area contributed by atoms with Gasteiger partial charge in [0.15, 0.2) is 0 Å². The number of aromatic carboxylic acids is 1. The molecule has 0 saturated carbocycles. The van der Waals surface area contributed by atoms with E-state index in [0.717, 1.165) is 5.56 Å². The Kier molecular flexibility index (Phi) is 3.93. The SMILES string of the molecule is CCc1c(C)c(C(=O)O)c(=O)n(-c2ccc(F)cc2)c1C. The van der Waals surface area contributed by atoms with E-state index in [0.29, 0.717) is 23.4 Å². The maximum atomic E-state index is 13.0. The van der Waals surface area contributed by atoms with Crippen LogP contribution in [0.5, 0.6) is 0 Å². The third-order valence-corrected chi connectivity index (χ3v) is 3.67. The molecule has 5 heteroatoms. The van der Waals surface area contributed by atoms with Gasteiger partial charge in [0.05, 0.1) is 0 Å². The lowest BCUT2D eigenvalue weighted by molar-refractivity contribution is 0.0693. The van der Waals surface area contributed by atoms with Gasteiger partial charge in [0.25, 0.3) is 5.56 Å². The number of carboxylic acid groups (broad SMARTS) is 1. The molecule has 2 aromatic rings. The molecular weight excluding hydrogens is 273 g/mol. The van der Waals surface area contributed by atoms with Crippen LogP contribution in [0.1, 0.15) is 34.1 Å². The first-order valence-corrected chi connectivity index (χ1v) is 6.62. The lowest BCUT2D eigenvalue weighted by Crippen LogP contribution is -2.30. The molecule has 1 heterocycles. The van der Waals surface area contributed by atoms with E-state index in [1.807, 2.05) is 6.92 Å². The highest BCUT2D eigenvalue weighted by molar-refractivity contribution is 5.89. The summed E-state index contributed by atoms with van der Waals surface area (Å²) in [6, 6.07) is 5.41. The lowest BCUT2D eigenvalue weighted by atomic mass is 9.99. The average Bonchev–Trinajstić information content (AvgIpc) is 2.41. The minimum Gasteiger partial charge on any atom is -0.477 e. The molecule has 0 bridgehead atoms. The van der Waals surface area contributed by atoms with E-state index in [1.165, 1.54) is 28.8 Å². The monoisotopic (exact) mass is 289 g/mol. The van der Waals surface area contributed by atoms with Crippen molar-refractivity contribution in [3.05, 3.63) is 62.8 Å². The standard InChI is InChI=1S/C16H16FNO3/c1-4-13-9(2)14(16(20)21)15(19)18(10(13)3)12-7-5-11(17)6-8-12/h5-8H,4H2,1-3H3,(H,20,21). The minimum absolute atomic E-state index is 0.234. The van der Waals surface area contributed by atoms with Crippen LogP contribution in [0.2, 0.25) is 0 Å². The van der Waals surface area contributed by atoms with Crippen LogP contribution < -0.4 is 5.56 Å². The molecule has 0 amide bonds. The molecule has 1 aromatic heterocycles. The number of benzene rings is 1. The van der Waals surface area contributed by atoms with E-state index in [1.54, 1.807) is 13.8 Å². The summed E-state index contributed by atoms with van der Waals surface area (Å²) in [5.74, 6) is -1.66. The predicted molar refractivity (Wildman–Crippen MR) is 77.8 cm³/mol. The zero-order chi connectivity index (χ0) is 15.7. The predicted octanol–water partition coefficient (Wildman–Crippen LogP) is 2.85. The van der Waals surface area contributed by atoms with Gasteiger partial charge in [-0.3, -0.25) is 9.36 Å². The normalized spacial score (nSPS) is 10.7. The molecule has 2 rings (SSSR count). The fourth-order valence-corrected chi connectivity index (χ4v) is 2.66. The molecule has 0 aliphatic heterocycles. The summed E-state index contributed by atoms with van der Waals surface area (Å²) in [5.41, 5.74) is 1.61. The average molecular weight is 289 g/mol. The van der Waals surface area contributed by atoms with Crippen molar-refractivity contribution in [2.24, 2.45) is 0 Å². The maximum absolute atomic E-state index is 13.0. The first-order chi connectivity index (χ1) is 9.88. The van der Waals surface area contributed by atoms with Crippen molar-refractivity contribution in [1.82, 2.24) is 4.57 Å². The van der Waals surface area contributed by atoms with E-state index in [9.17, 15) is 19.1 Å². The summed E-state index contributed by atoms with van der Waals surface area (Å²) < 4.78 is 14.4. The van der Waals surface area contributed by atoms with Crippen LogP contribution in [-0.2, 0) is 6.42 Å². The molecule has 0 atom stereocenters. The smallest absolute Gasteiger partial charge is 0.341 e. The number of rotatable bonds is 3. The van der Waals surface area contributed by atoms with Crippen molar-refractivity contribution >= 4 is 5.97 Å². The van der Waals surface area contributed by atoms with Crippen molar-refractivity contribution in [2.45, 2.75) is 27.2 Å². The largest absolute Gasteiger partial charge is 0.477 e. The number of hydrogen-bond donors (Lipinski definition) is 1. The first-order valence-electron chi connectivity index (χ1n) is 6.62. The Morgan fingerprint density at radius 3 is 2.29 bits per heavy atom. The van der Waals surface area contributed by atoms with Gasteiger partial charge in [-0.25, -0.2) is 9.18 Å². The van der Waals surface area contributed by atoms with Gasteiger partial charge in [0.1, 0.15) is 11.4 Å². The second-order valence-electron chi connectivity index (χ2n) is 4.84. The number of pyridine rings is 1. The molecule has 0 radical (unpaired) electrons. The topological polar surface area (TPSA) is 59.3 Å². The van der Waals surface area contributed by atoms with Crippen LogP contribution in [-0.4, -0.2) is 15.6 Å². The van der Waals surface area contributed by atoms with Crippen molar-refractivity contribution in [1.29, 1.82) is 0 Å². The Morgan fingerprint density at radius 2 is 1.81 bits per heavy atom. The fraction of sp³-hybridized carbons (Fsp3) is 0.250. The molecule has 0 unspecified atom stereocenters. The highest BCUT2D eigenvalue weighted by Crippen LogP contribution is 2.19. The van der Waals surface area contributed by atoms with Crippen LogP contribution in [0.15, 0.2) is 29.1 Å². The van der Waals surface area contributed by atoms with Gasteiger partial charge < -0.3 is 5.11 Å². The molecule has 0 saturated heterocycles. The molecule has 4 nitrogen and oxygen atoms in total. The van der Waals surface area contributed by atoms with E-state index in [4.69, 9.17) is 0 Å². The van der Waals surface area contributed by atoms with Crippen molar-refractivity contribution in [3.8, 4) is 5.69 Å². The van der Waals surface area contributed by atoms with Crippen LogP contribution in [0.3, 0.4) is 0 Å². The van der Waals surface area contributed by atoms with Gasteiger partial charge in [-0.05, 0) is 55.7 Å². The number of hydrogen-bond acceptors (Lipinski definition) is 2. The van der Waals surface area contributed by atoms with Crippen molar-refractivity contribution in [2.75, 3.05) is 0 Å². The number of halogens is 1. The zero-order valence-electron chi connectivity index (χ0n) is 12.1. The highest BCUT2D eigenvalue weighted by atomic mass is 19.1. The zero-order valence-corrected chi connectivity index (χ0v) is 12.1. The third-order valence-electron chi connectivity index (χ3n) is 3.67. The summed E-state index contributed by atoms with van der Waals surface area (Å²) in [7, 11) is 0. The van der Waals surface area contributed by atoms with Crippen molar-refractivity contribution < 1.29 is 14.3 Å². The molecule has 21 heavy (non-hydrogen) atoms. The molecule has 1 N–H and O–H groups in total. The molecule has 1 aromatic carbocycles. The molecule has 0 aliphatic carbocycles. The minimum atomic E-state index is -1.25. The Labute approximate surface area is 121 Å². The maximum Gasteiger partial charge on any atom is 0.341 e. The Bertz CT molecular complexity index is 761. The summed E-state index contributed by atoms with van der Waals surface area (Å²) in [5, 5.41) is 9.30. The number of aromatic nitrogens is 1. The molecule has 0 fully saturated rings. The molecular formula is C16H16FNO3. The van der Waals surface area contributed by atoms with Crippen LogP contribution in [0.25, 0.3) is 5.69 Å². The number of carboxylic acids is 1. The lowest BCUT2D eigenvalue weighted by Gasteiger charge is -2.17. The quantitative estimate of drug-likeness (QED) is 0.945. The molecule has 0 aliphatic rings. The summed E-state index contributed by atoms with van der Waals surface area (Å²) >= 11 is 0.